The Balaban J connectivity index is 0.00000106. The summed E-state index contributed by atoms with van der Waals surface area (Å²) in [5.41, 5.74) is 2.90. The highest BCUT2D eigenvalue weighted by Crippen LogP contribution is 2.08. The molecule has 0 bridgehead atoms. The van der Waals surface area contributed by atoms with E-state index in [-0.39, 0.29) is 0 Å². The van der Waals surface area contributed by atoms with Gasteiger partial charge in [0, 0.05) is 6.54 Å². The molecule has 0 aliphatic carbocycles. The molecule has 0 heterocycles. The number of nitrogens with zero attached hydrogens (tertiary/aromatic N) is 1. The van der Waals surface area contributed by atoms with Gasteiger partial charge in [-0.3, -0.25) is 4.90 Å². The monoisotopic (exact) mass is 333 g/mol. The van der Waals surface area contributed by atoms with Crippen LogP contribution in [0, 0.1) is 6.92 Å². The molecule has 1 aromatic carbocycles. The lowest BCUT2D eigenvalue weighted by atomic mass is 10.1. The maximum absolute atomic E-state index is 2.45. The van der Waals surface area contributed by atoms with E-state index in [0.717, 1.165) is 11.1 Å². The molecule has 0 radical (unpaired) electrons. The van der Waals surface area contributed by atoms with Crippen LogP contribution in [0.2, 0.25) is 0 Å². The minimum absolute atomic E-state index is 1.13. The third kappa shape index (κ3) is 5.85. The quantitative estimate of drug-likeness (QED) is 0.442. The number of halogens is 1. The van der Waals surface area contributed by atoms with Crippen LogP contribution in [0.25, 0.3) is 0 Å². The molecule has 0 aliphatic heterocycles. The average molecular weight is 333 g/mol. The van der Waals surface area contributed by atoms with Crippen LogP contribution in [0.3, 0.4) is 0 Å². The van der Waals surface area contributed by atoms with E-state index in [1.54, 1.807) is 0 Å². The van der Waals surface area contributed by atoms with Gasteiger partial charge < -0.3 is 0 Å². The van der Waals surface area contributed by atoms with Crippen molar-refractivity contribution in [2.24, 2.45) is 0 Å². The largest absolute Gasteiger partial charge is 0.294 e. The Kier molecular flexibility index (Phi) is 10.0. The van der Waals surface area contributed by atoms with Crippen molar-refractivity contribution in [1.82, 2.24) is 4.90 Å². The van der Waals surface area contributed by atoms with Gasteiger partial charge in [-0.05, 0) is 31.0 Å². The lowest BCUT2D eigenvalue weighted by Crippen LogP contribution is -2.24. The first-order chi connectivity index (χ1) is 7.77. The van der Waals surface area contributed by atoms with E-state index in [1.165, 1.54) is 24.1 Å². The van der Waals surface area contributed by atoms with Gasteiger partial charge >= 0.3 is 0 Å². The molecule has 0 saturated heterocycles. The third-order valence-electron chi connectivity index (χ3n) is 2.57. The van der Waals surface area contributed by atoms with Gasteiger partial charge in [-0.2, -0.15) is 0 Å². The fourth-order valence-corrected chi connectivity index (χ4v) is 2.30. The van der Waals surface area contributed by atoms with Gasteiger partial charge in [-0.25, -0.2) is 0 Å². The summed E-state index contributed by atoms with van der Waals surface area (Å²) < 4.78 is 1.13. The normalized spacial score (nSPS) is 9.88. The Morgan fingerprint density at radius 2 is 1.81 bits per heavy atom. The zero-order chi connectivity index (χ0) is 12.4. The van der Waals surface area contributed by atoms with E-state index in [2.05, 4.69) is 65.6 Å². The first-order valence-corrected chi connectivity index (χ1v) is 7.63. The second-order valence-corrected chi connectivity index (χ2v) is 4.19. The molecule has 1 rings (SSSR count). The number of hydrogen-bond acceptors (Lipinski definition) is 1. The topological polar surface area (TPSA) is 3.24 Å². The van der Waals surface area contributed by atoms with E-state index in [0.29, 0.717) is 0 Å². The second-order valence-electron chi connectivity index (χ2n) is 3.51. The number of alkyl halides is 1. The predicted molar refractivity (Wildman–Crippen MR) is 82.4 cm³/mol. The van der Waals surface area contributed by atoms with Gasteiger partial charge in [0.25, 0.3) is 0 Å². The number of rotatable bonds is 5. The van der Waals surface area contributed by atoms with Gasteiger partial charge in [0.15, 0.2) is 0 Å². The predicted octanol–water partition coefficient (Wildman–Crippen LogP) is 4.28. The fraction of sp³-hybridized carbons (Fsp3) is 0.571. The summed E-state index contributed by atoms with van der Waals surface area (Å²) in [7, 11) is 0. The zero-order valence-corrected chi connectivity index (χ0v) is 13.1. The van der Waals surface area contributed by atoms with Crippen molar-refractivity contribution < 1.29 is 0 Å². The summed E-state index contributed by atoms with van der Waals surface area (Å²) in [6, 6.07) is 8.66. The molecule has 1 nitrogen and oxygen atoms in total. The summed E-state index contributed by atoms with van der Waals surface area (Å²) in [6.45, 7) is 10.7. The van der Waals surface area contributed by atoms with Crippen LogP contribution in [0.15, 0.2) is 24.3 Å². The first-order valence-electron chi connectivity index (χ1n) is 6.10. The number of likely N-dealkylation sites (N-methyl/N-ethyl adjacent to an activating group) is 1. The standard InChI is InChI=1S/C12H18IN.C2H6/c1-3-14(10-13)9-8-12-7-5-4-6-11(12)2;1-2/h4-7H,3,8-10H2,1-2H3;1-2H3. The van der Waals surface area contributed by atoms with Crippen LogP contribution in [0.5, 0.6) is 0 Å². The first kappa shape index (κ1) is 15.9. The van der Waals surface area contributed by atoms with Gasteiger partial charge in [-0.1, -0.05) is 67.6 Å². The Labute approximate surface area is 114 Å². The highest BCUT2D eigenvalue weighted by Gasteiger charge is 2.01. The number of hydrogen-bond donors (Lipinski definition) is 0. The molecule has 0 atom stereocenters. The van der Waals surface area contributed by atoms with Crippen molar-refractivity contribution >= 4 is 22.6 Å². The molecule has 0 spiro atoms. The van der Waals surface area contributed by atoms with Crippen LogP contribution in [0.4, 0.5) is 0 Å². The van der Waals surface area contributed by atoms with Gasteiger partial charge in [0.1, 0.15) is 0 Å². The molecule has 0 N–H and O–H groups in total. The van der Waals surface area contributed by atoms with Crippen molar-refractivity contribution in [3.63, 3.8) is 0 Å². The molecular formula is C14H24IN. The molecule has 0 aliphatic rings. The minimum atomic E-state index is 1.13. The van der Waals surface area contributed by atoms with Crippen LogP contribution in [-0.2, 0) is 6.42 Å². The molecule has 0 aromatic heterocycles. The van der Waals surface area contributed by atoms with Gasteiger partial charge in [0.05, 0.1) is 4.55 Å². The summed E-state index contributed by atoms with van der Waals surface area (Å²) in [5.74, 6) is 0. The molecule has 0 fully saturated rings. The van der Waals surface area contributed by atoms with Crippen molar-refractivity contribution in [2.45, 2.75) is 34.1 Å². The van der Waals surface area contributed by atoms with Crippen LogP contribution < -0.4 is 0 Å². The Hall–Kier alpha value is -0.0900. The Morgan fingerprint density at radius 1 is 1.19 bits per heavy atom. The lowest BCUT2D eigenvalue weighted by Gasteiger charge is -2.17. The fourth-order valence-electron chi connectivity index (χ4n) is 1.47. The Morgan fingerprint density at radius 3 is 2.31 bits per heavy atom. The van der Waals surface area contributed by atoms with Gasteiger partial charge in [-0.15, -0.1) is 0 Å². The number of aryl methyl sites for hydroxylation is 1. The molecule has 0 saturated carbocycles. The Bertz CT molecular complexity index is 269. The maximum atomic E-state index is 2.45. The van der Waals surface area contributed by atoms with Crippen LogP contribution in [0.1, 0.15) is 31.9 Å². The van der Waals surface area contributed by atoms with E-state index in [4.69, 9.17) is 0 Å². The summed E-state index contributed by atoms with van der Waals surface area (Å²) >= 11 is 2.43. The van der Waals surface area contributed by atoms with E-state index >= 15 is 0 Å². The molecule has 2 heteroatoms. The van der Waals surface area contributed by atoms with Crippen molar-refractivity contribution in [2.75, 3.05) is 17.6 Å². The van der Waals surface area contributed by atoms with Crippen molar-refractivity contribution in [3.05, 3.63) is 35.4 Å². The van der Waals surface area contributed by atoms with E-state index < -0.39 is 0 Å². The molecule has 92 valence electrons. The van der Waals surface area contributed by atoms with Crippen molar-refractivity contribution in [1.29, 1.82) is 0 Å². The number of benzene rings is 1. The SMILES string of the molecule is CC.CCN(CI)CCc1ccccc1C. The summed E-state index contributed by atoms with van der Waals surface area (Å²) in [4.78, 5) is 2.45. The molecule has 16 heavy (non-hydrogen) atoms. The molecule has 1 aromatic rings. The smallest absolute Gasteiger partial charge is 0.0505 e. The van der Waals surface area contributed by atoms with Gasteiger partial charge in [0.2, 0.25) is 0 Å². The highest BCUT2D eigenvalue weighted by molar-refractivity contribution is 14.1. The molecule has 0 amide bonds. The second kappa shape index (κ2) is 10.1. The maximum Gasteiger partial charge on any atom is 0.0505 e. The van der Waals surface area contributed by atoms with E-state index in [1.807, 2.05) is 13.8 Å². The molecular weight excluding hydrogens is 309 g/mol. The highest BCUT2D eigenvalue weighted by atomic mass is 127. The minimum Gasteiger partial charge on any atom is -0.294 e. The zero-order valence-electron chi connectivity index (χ0n) is 11.0. The molecule has 0 unspecified atom stereocenters. The van der Waals surface area contributed by atoms with E-state index in [9.17, 15) is 0 Å². The average Bonchev–Trinajstić information content (AvgIpc) is 2.35. The summed E-state index contributed by atoms with van der Waals surface area (Å²) in [5, 5.41) is 0. The van der Waals surface area contributed by atoms with Crippen LogP contribution >= 0.6 is 22.6 Å². The lowest BCUT2D eigenvalue weighted by molar-refractivity contribution is 0.350. The summed E-state index contributed by atoms with van der Waals surface area (Å²) in [6.07, 6.45) is 1.17. The third-order valence-corrected chi connectivity index (χ3v) is 3.54. The van der Waals surface area contributed by atoms with Crippen molar-refractivity contribution in [3.8, 4) is 0 Å². The van der Waals surface area contributed by atoms with Crippen LogP contribution in [-0.4, -0.2) is 22.5 Å².